The van der Waals surface area contributed by atoms with E-state index in [4.69, 9.17) is 5.11 Å². The van der Waals surface area contributed by atoms with E-state index in [1.165, 1.54) is 19.3 Å². The van der Waals surface area contributed by atoms with Crippen LogP contribution in [-0.2, 0) is 12.8 Å². The highest BCUT2D eigenvalue weighted by atomic mass is 32.2. The van der Waals surface area contributed by atoms with Gasteiger partial charge in [0.1, 0.15) is 0 Å². The molecule has 2 amide bonds. The minimum absolute atomic E-state index is 0.268. The van der Waals surface area contributed by atoms with Crippen molar-refractivity contribution in [3.63, 3.8) is 0 Å². The summed E-state index contributed by atoms with van der Waals surface area (Å²) in [7, 11) is 0. The molecule has 6 rings (SSSR count). The lowest BCUT2D eigenvalue weighted by Gasteiger charge is -2.29. The summed E-state index contributed by atoms with van der Waals surface area (Å²) in [5.74, 6) is -1.49. The number of carboxylic acid groups (broad SMARTS) is 1. The normalized spacial score (nSPS) is 14.5. The van der Waals surface area contributed by atoms with Gasteiger partial charge in [-0.25, -0.2) is 4.79 Å². The van der Waals surface area contributed by atoms with Gasteiger partial charge in [0.15, 0.2) is 0 Å². The summed E-state index contributed by atoms with van der Waals surface area (Å²) in [4.78, 5) is 41.5. The molecule has 8 nitrogen and oxygen atoms in total. The van der Waals surface area contributed by atoms with Gasteiger partial charge in [0.05, 0.1) is 16.8 Å². The molecule has 9 heteroatoms. The van der Waals surface area contributed by atoms with Gasteiger partial charge in [-0.3, -0.25) is 14.3 Å². The quantitative estimate of drug-likeness (QED) is 0.120. The molecule has 0 aromatic heterocycles. The molecule has 0 atom stereocenters. The van der Waals surface area contributed by atoms with E-state index in [9.17, 15) is 14.4 Å². The number of carboxylic acids is 1. The van der Waals surface area contributed by atoms with E-state index in [1.54, 1.807) is 30.1 Å². The Morgan fingerprint density at radius 2 is 1.43 bits per heavy atom. The molecule has 0 spiro atoms. The number of nitrogens with one attached hydrogen (secondary N) is 3. The molecular formula is C37H38N4O4S. The van der Waals surface area contributed by atoms with E-state index in [1.807, 2.05) is 72.8 Å². The maximum Gasteiger partial charge on any atom is 0.335 e. The predicted octanol–water partition coefficient (Wildman–Crippen LogP) is 7.42. The van der Waals surface area contributed by atoms with Crippen molar-refractivity contribution in [2.24, 2.45) is 0 Å². The Hall–Kier alpha value is -4.60. The summed E-state index contributed by atoms with van der Waals surface area (Å²) in [5.41, 5.74) is 5.47. The first-order valence-electron chi connectivity index (χ1n) is 15.9. The topological polar surface area (TPSA) is 111 Å². The molecule has 1 aliphatic heterocycles. The summed E-state index contributed by atoms with van der Waals surface area (Å²) in [6.45, 7) is 1.88. The fourth-order valence-electron chi connectivity index (χ4n) is 5.48. The van der Waals surface area contributed by atoms with Crippen molar-refractivity contribution >= 4 is 46.8 Å². The van der Waals surface area contributed by atoms with E-state index in [2.05, 4.69) is 20.3 Å². The number of amides is 2. The van der Waals surface area contributed by atoms with Gasteiger partial charge in [-0.1, -0.05) is 30.3 Å². The highest BCUT2D eigenvalue weighted by molar-refractivity contribution is 7.97. The number of aromatic carboxylic acids is 1. The van der Waals surface area contributed by atoms with Crippen LogP contribution in [0.2, 0.25) is 0 Å². The van der Waals surface area contributed by atoms with Crippen LogP contribution < -0.4 is 20.3 Å². The third-order valence-corrected chi connectivity index (χ3v) is 9.29. The van der Waals surface area contributed by atoms with Crippen molar-refractivity contribution in [3.05, 3.63) is 119 Å². The van der Waals surface area contributed by atoms with Crippen LogP contribution in [0.5, 0.6) is 0 Å². The smallest absolute Gasteiger partial charge is 0.335 e. The number of nitrogens with zero attached hydrogens (tertiary/aromatic N) is 1. The van der Waals surface area contributed by atoms with Crippen LogP contribution in [0.1, 0.15) is 74.3 Å². The van der Waals surface area contributed by atoms with Crippen LogP contribution in [-0.4, -0.2) is 42.0 Å². The van der Waals surface area contributed by atoms with Crippen molar-refractivity contribution in [1.82, 2.24) is 4.72 Å². The number of piperidine rings is 1. The SMILES string of the molecule is O=C(O)c1ccc(CCc2ccc(NC(=O)c3cc(N4CCCCC4)ccc3NC(=O)c3cccc(SNC4CC4)c3)cc2)cc1. The van der Waals surface area contributed by atoms with Gasteiger partial charge >= 0.3 is 5.97 Å². The Morgan fingerprint density at radius 3 is 2.11 bits per heavy atom. The van der Waals surface area contributed by atoms with Gasteiger partial charge in [-0.05, 0) is 129 Å². The van der Waals surface area contributed by atoms with E-state index in [-0.39, 0.29) is 17.4 Å². The molecule has 2 fully saturated rings. The number of anilines is 3. The van der Waals surface area contributed by atoms with Crippen molar-refractivity contribution in [3.8, 4) is 0 Å². The van der Waals surface area contributed by atoms with E-state index < -0.39 is 5.97 Å². The molecule has 2 aliphatic rings. The molecule has 236 valence electrons. The monoisotopic (exact) mass is 634 g/mol. The standard InChI is InChI=1S/C37H38N4O4S/c42-35(28-5-4-6-32(23-28)46-40-30-17-18-30)39-34-20-19-31(41-21-2-1-3-22-41)24-33(34)36(43)38-29-15-11-26(12-16-29)8-7-25-9-13-27(14-10-25)37(44)45/h4-6,9-16,19-20,23-24,30,40H,1-3,7-8,17-18,21-22H2,(H,38,43)(H,39,42)(H,44,45). The summed E-state index contributed by atoms with van der Waals surface area (Å²) >= 11 is 1.54. The molecule has 0 bridgehead atoms. The van der Waals surface area contributed by atoms with Gasteiger partial charge in [0, 0.05) is 41.0 Å². The molecule has 46 heavy (non-hydrogen) atoms. The number of carbonyl (C=O) groups is 3. The average molecular weight is 635 g/mol. The van der Waals surface area contributed by atoms with E-state index in [0.717, 1.165) is 60.5 Å². The zero-order chi connectivity index (χ0) is 31.9. The maximum atomic E-state index is 13.7. The van der Waals surface area contributed by atoms with Crippen molar-refractivity contribution in [2.45, 2.75) is 55.9 Å². The fraction of sp³-hybridized carbons (Fsp3) is 0.270. The highest BCUT2D eigenvalue weighted by Crippen LogP contribution is 2.29. The number of carbonyl (C=O) groups excluding carboxylic acids is 2. The minimum Gasteiger partial charge on any atom is -0.478 e. The average Bonchev–Trinajstić information content (AvgIpc) is 3.93. The Morgan fingerprint density at radius 1 is 0.739 bits per heavy atom. The van der Waals surface area contributed by atoms with Gasteiger partial charge in [0.2, 0.25) is 0 Å². The van der Waals surface area contributed by atoms with Crippen LogP contribution in [0, 0.1) is 0 Å². The molecule has 1 heterocycles. The molecule has 1 saturated heterocycles. The molecule has 0 unspecified atom stereocenters. The number of hydrogen-bond acceptors (Lipinski definition) is 6. The minimum atomic E-state index is -0.932. The molecule has 1 saturated carbocycles. The Bertz CT molecular complexity index is 1700. The number of benzene rings is 4. The van der Waals surface area contributed by atoms with Crippen LogP contribution in [0.4, 0.5) is 17.1 Å². The molecule has 4 aromatic rings. The van der Waals surface area contributed by atoms with E-state index >= 15 is 0 Å². The molecule has 4 N–H and O–H groups in total. The lowest BCUT2D eigenvalue weighted by molar-refractivity contribution is 0.0696. The molecule has 0 radical (unpaired) electrons. The Labute approximate surface area is 273 Å². The fourth-order valence-corrected chi connectivity index (χ4v) is 6.35. The largest absolute Gasteiger partial charge is 0.478 e. The summed E-state index contributed by atoms with van der Waals surface area (Å²) < 4.78 is 3.41. The van der Waals surface area contributed by atoms with Crippen molar-refractivity contribution in [2.75, 3.05) is 28.6 Å². The van der Waals surface area contributed by atoms with Crippen molar-refractivity contribution in [1.29, 1.82) is 0 Å². The molecule has 1 aliphatic carbocycles. The summed E-state index contributed by atoms with van der Waals surface area (Å²) in [6.07, 6.45) is 7.36. The van der Waals surface area contributed by atoms with Gasteiger partial charge in [-0.15, -0.1) is 0 Å². The van der Waals surface area contributed by atoms with Crippen molar-refractivity contribution < 1.29 is 19.5 Å². The number of hydrogen-bond donors (Lipinski definition) is 4. The summed E-state index contributed by atoms with van der Waals surface area (Å²) in [6, 6.07) is 28.4. The second kappa shape index (κ2) is 14.7. The Balaban J connectivity index is 1.15. The first-order chi connectivity index (χ1) is 22.4. The van der Waals surface area contributed by atoms with Crippen LogP contribution in [0.25, 0.3) is 0 Å². The Kier molecular flexibility index (Phi) is 10.0. The van der Waals surface area contributed by atoms with Crippen LogP contribution in [0.3, 0.4) is 0 Å². The van der Waals surface area contributed by atoms with Gasteiger partial charge < -0.3 is 20.6 Å². The highest BCUT2D eigenvalue weighted by Gasteiger charge is 2.22. The second-order valence-corrected chi connectivity index (χ2v) is 12.8. The van der Waals surface area contributed by atoms with Crippen LogP contribution >= 0.6 is 11.9 Å². The first kappa shape index (κ1) is 31.4. The van der Waals surface area contributed by atoms with Crippen LogP contribution in [0.15, 0.2) is 95.9 Å². The van der Waals surface area contributed by atoms with Gasteiger partial charge in [0.25, 0.3) is 11.8 Å². The lowest BCUT2D eigenvalue weighted by Crippen LogP contribution is -2.29. The lowest BCUT2D eigenvalue weighted by atomic mass is 10.0. The zero-order valence-corrected chi connectivity index (χ0v) is 26.4. The maximum absolute atomic E-state index is 13.7. The number of rotatable bonds is 12. The first-order valence-corrected chi connectivity index (χ1v) is 16.7. The zero-order valence-electron chi connectivity index (χ0n) is 25.6. The third kappa shape index (κ3) is 8.35. The van der Waals surface area contributed by atoms with E-state index in [0.29, 0.717) is 28.5 Å². The molecular weight excluding hydrogens is 596 g/mol. The predicted molar refractivity (Wildman–Crippen MR) is 184 cm³/mol. The summed E-state index contributed by atoms with van der Waals surface area (Å²) in [5, 5.41) is 15.1. The third-order valence-electron chi connectivity index (χ3n) is 8.35. The second-order valence-electron chi connectivity index (χ2n) is 11.9. The molecule has 4 aromatic carbocycles. The number of aryl methyl sites for hydroxylation is 2. The van der Waals surface area contributed by atoms with Gasteiger partial charge in [-0.2, -0.15) is 0 Å².